The van der Waals surface area contributed by atoms with E-state index in [1.807, 2.05) is 12.3 Å². The lowest BCUT2D eigenvalue weighted by molar-refractivity contribution is 0.205. The average Bonchev–Trinajstić information content (AvgIpc) is 2.84. The van der Waals surface area contributed by atoms with Gasteiger partial charge in [-0.15, -0.1) is 5.10 Å². The van der Waals surface area contributed by atoms with Crippen LogP contribution in [0.4, 0.5) is 11.6 Å². The first kappa shape index (κ1) is 21.5. The minimum absolute atomic E-state index is 0.597. The van der Waals surface area contributed by atoms with E-state index in [2.05, 4.69) is 61.9 Å². The molecule has 0 radical (unpaired) electrons. The molecule has 0 amide bonds. The van der Waals surface area contributed by atoms with Crippen LogP contribution in [0.2, 0.25) is 0 Å². The van der Waals surface area contributed by atoms with Gasteiger partial charge >= 0.3 is 0 Å². The molecule has 2 aromatic heterocycles. The topological polar surface area (TPSA) is 72.2 Å². The van der Waals surface area contributed by atoms with E-state index in [9.17, 15) is 5.26 Å². The minimum atomic E-state index is 0.597. The number of rotatable bonds is 6. The van der Waals surface area contributed by atoms with Crippen LogP contribution in [0.1, 0.15) is 43.5 Å². The summed E-state index contributed by atoms with van der Waals surface area (Å²) in [6.07, 6.45) is 5.89. The first-order valence-electron chi connectivity index (χ1n) is 11.6. The zero-order chi connectivity index (χ0) is 21.6. The van der Waals surface area contributed by atoms with Gasteiger partial charge in [-0.1, -0.05) is 19.9 Å². The van der Waals surface area contributed by atoms with Crippen LogP contribution >= 0.6 is 0 Å². The third kappa shape index (κ3) is 4.80. The van der Waals surface area contributed by atoms with Gasteiger partial charge in [0.1, 0.15) is 17.5 Å². The van der Waals surface area contributed by atoms with Crippen molar-refractivity contribution in [3.63, 3.8) is 0 Å². The van der Waals surface area contributed by atoms with Crippen molar-refractivity contribution in [3.8, 4) is 6.07 Å². The van der Waals surface area contributed by atoms with Crippen LogP contribution in [-0.2, 0) is 12.8 Å². The summed E-state index contributed by atoms with van der Waals surface area (Å²) in [4.78, 5) is 11.8. The van der Waals surface area contributed by atoms with Gasteiger partial charge < -0.3 is 9.80 Å². The number of anilines is 2. The molecule has 2 aromatic rings. The first-order chi connectivity index (χ1) is 15.2. The molecule has 0 N–H and O–H groups in total. The molecule has 7 heteroatoms. The normalized spacial score (nSPS) is 20.0. The lowest BCUT2D eigenvalue weighted by Crippen LogP contribution is -2.50. The van der Waals surface area contributed by atoms with Gasteiger partial charge in [0, 0.05) is 52.0 Å². The van der Waals surface area contributed by atoms with E-state index in [1.54, 1.807) is 0 Å². The van der Waals surface area contributed by atoms with E-state index < -0.39 is 0 Å². The molecule has 1 atom stereocenters. The molecule has 2 aliphatic heterocycles. The average molecular weight is 420 g/mol. The summed E-state index contributed by atoms with van der Waals surface area (Å²) in [5.74, 6) is 2.47. The Morgan fingerprint density at radius 1 is 1.03 bits per heavy atom. The Morgan fingerprint density at radius 2 is 1.87 bits per heavy atom. The summed E-state index contributed by atoms with van der Waals surface area (Å²) in [5, 5.41) is 18.8. The van der Waals surface area contributed by atoms with Crippen molar-refractivity contribution in [2.24, 2.45) is 5.92 Å². The van der Waals surface area contributed by atoms with Crippen LogP contribution in [0.5, 0.6) is 0 Å². The van der Waals surface area contributed by atoms with Crippen LogP contribution in [0.15, 0.2) is 24.4 Å². The van der Waals surface area contributed by atoms with Crippen LogP contribution in [0.25, 0.3) is 0 Å². The summed E-state index contributed by atoms with van der Waals surface area (Å²) in [6, 6.07) is 8.56. The Bertz CT molecular complexity index is 900. The third-order valence-corrected chi connectivity index (χ3v) is 6.62. The van der Waals surface area contributed by atoms with Crippen LogP contribution in [-0.4, -0.2) is 65.9 Å². The maximum Gasteiger partial charge on any atom is 0.169 e. The Hall–Kier alpha value is -2.72. The highest BCUT2D eigenvalue weighted by molar-refractivity contribution is 5.58. The Balaban J connectivity index is 1.38. The number of aryl methyl sites for hydroxylation is 1. The summed E-state index contributed by atoms with van der Waals surface area (Å²) < 4.78 is 0. The van der Waals surface area contributed by atoms with Gasteiger partial charge in [-0.3, -0.25) is 4.90 Å². The second-order valence-electron chi connectivity index (χ2n) is 8.57. The zero-order valence-electron chi connectivity index (χ0n) is 18.8. The largest absolute Gasteiger partial charge is 0.354 e. The molecule has 0 aromatic carbocycles. The maximum absolute atomic E-state index is 9.86. The summed E-state index contributed by atoms with van der Waals surface area (Å²) in [6.45, 7) is 11.4. The highest BCUT2D eigenvalue weighted by Gasteiger charge is 2.28. The van der Waals surface area contributed by atoms with Crippen molar-refractivity contribution in [3.05, 3.63) is 41.2 Å². The van der Waals surface area contributed by atoms with Crippen LogP contribution in [0.3, 0.4) is 0 Å². The molecule has 4 heterocycles. The van der Waals surface area contributed by atoms with Gasteiger partial charge in [-0.05, 0) is 49.3 Å². The van der Waals surface area contributed by atoms with E-state index in [-0.39, 0.29) is 0 Å². The van der Waals surface area contributed by atoms with Crippen LogP contribution in [0, 0.1) is 17.2 Å². The molecule has 7 nitrogen and oxygen atoms in total. The Labute approximate surface area is 185 Å². The molecule has 0 aliphatic carbocycles. The van der Waals surface area contributed by atoms with Crippen LogP contribution < -0.4 is 9.80 Å². The van der Waals surface area contributed by atoms with Crippen molar-refractivity contribution in [2.75, 3.05) is 55.6 Å². The van der Waals surface area contributed by atoms with Gasteiger partial charge in [0.05, 0.1) is 5.69 Å². The summed E-state index contributed by atoms with van der Waals surface area (Å²) in [5.41, 5.74) is 2.77. The predicted molar refractivity (Wildman–Crippen MR) is 123 cm³/mol. The molecule has 4 rings (SSSR count). The van der Waals surface area contributed by atoms with E-state index in [0.717, 1.165) is 93.5 Å². The molecular formula is C24H33N7. The SMILES string of the molecule is CCc1nnc(N2CCCC(CN3CCN(c4ccccn4)CC3)C2)c(C#N)c1CC. The molecule has 0 bridgehead atoms. The molecule has 1 unspecified atom stereocenters. The first-order valence-corrected chi connectivity index (χ1v) is 11.6. The van der Waals surface area contributed by atoms with Crippen molar-refractivity contribution in [2.45, 2.75) is 39.5 Å². The Kier molecular flexibility index (Phi) is 6.98. The number of nitrogens with zero attached hydrogens (tertiary/aromatic N) is 7. The number of hydrogen-bond donors (Lipinski definition) is 0. The maximum atomic E-state index is 9.86. The Morgan fingerprint density at radius 3 is 2.55 bits per heavy atom. The molecule has 2 aliphatic rings. The van der Waals surface area contributed by atoms with Crippen molar-refractivity contribution >= 4 is 11.6 Å². The van der Waals surface area contributed by atoms with Crippen molar-refractivity contribution < 1.29 is 0 Å². The number of hydrogen-bond acceptors (Lipinski definition) is 7. The highest BCUT2D eigenvalue weighted by Crippen LogP contribution is 2.28. The molecule has 31 heavy (non-hydrogen) atoms. The highest BCUT2D eigenvalue weighted by atomic mass is 15.3. The van der Waals surface area contributed by atoms with E-state index in [1.165, 1.54) is 6.42 Å². The quantitative estimate of drug-likeness (QED) is 0.713. The molecular weight excluding hydrogens is 386 g/mol. The lowest BCUT2D eigenvalue weighted by atomic mass is 9.96. The van der Waals surface area contributed by atoms with E-state index in [0.29, 0.717) is 5.92 Å². The lowest BCUT2D eigenvalue weighted by Gasteiger charge is -2.40. The number of nitriles is 1. The molecule has 2 saturated heterocycles. The molecule has 0 spiro atoms. The number of aromatic nitrogens is 3. The summed E-state index contributed by atoms with van der Waals surface area (Å²) >= 11 is 0. The number of piperidine rings is 1. The van der Waals surface area contributed by atoms with Gasteiger partial charge in [0.25, 0.3) is 0 Å². The van der Waals surface area contributed by atoms with E-state index >= 15 is 0 Å². The fraction of sp³-hybridized carbons (Fsp3) is 0.583. The standard InChI is InChI=1S/C24H33N7/c1-3-20-21(16-25)24(28-27-22(20)4-2)31-11-7-8-19(18-31)17-29-12-14-30(15-13-29)23-9-5-6-10-26-23/h5-6,9-10,19H,3-4,7-8,11-15,17-18H2,1-2H3. The van der Waals surface area contributed by atoms with Crippen molar-refractivity contribution in [1.29, 1.82) is 5.26 Å². The number of pyridine rings is 1. The minimum Gasteiger partial charge on any atom is -0.354 e. The van der Waals surface area contributed by atoms with Gasteiger partial charge in [-0.25, -0.2) is 4.98 Å². The second kappa shape index (κ2) is 10.1. The monoisotopic (exact) mass is 419 g/mol. The van der Waals surface area contributed by atoms with Gasteiger partial charge in [0.2, 0.25) is 0 Å². The molecule has 0 saturated carbocycles. The number of piperazine rings is 1. The fourth-order valence-corrected chi connectivity index (χ4v) is 4.97. The molecule has 164 valence electrons. The predicted octanol–water partition coefficient (Wildman–Crippen LogP) is 2.91. The fourth-order valence-electron chi connectivity index (χ4n) is 4.97. The van der Waals surface area contributed by atoms with E-state index in [4.69, 9.17) is 0 Å². The van der Waals surface area contributed by atoms with Gasteiger partial charge in [0.15, 0.2) is 5.82 Å². The zero-order valence-corrected chi connectivity index (χ0v) is 18.8. The third-order valence-electron chi connectivity index (χ3n) is 6.62. The van der Waals surface area contributed by atoms with Crippen molar-refractivity contribution in [1.82, 2.24) is 20.1 Å². The molecule has 2 fully saturated rings. The smallest absolute Gasteiger partial charge is 0.169 e. The van der Waals surface area contributed by atoms with Gasteiger partial charge in [-0.2, -0.15) is 10.4 Å². The second-order valence-corrected chi connectivity index (χ2v) is 8.57. The summed E-state index contributed by atoms with van der Waals surface area (Å²) in [7, 11) is 0.